The second kappa shape index (κ2) is 9.66. The summed E-state index contributed by atoms with van der Waals surface area (Å²) in [7, 11) is 2.81. The van der Waals surface area contributed by atoms with Gasteiger partial charge >= 0.3 is 5.97 Å². The van der Waals surface area contributed by atoms with Crippen molar-refractivity contribution in [1.82, 2.24) is 9.97 Å². The molecule has 2 aromatic rings. The van der Waals surface area contributed by atoms with Crippen molar-refractivity contribution in [1.29, 1.82) is 0 Å². The molecule has 10 heteroatoms. The van der Waals surface area contributed by atoms with Gasteiger partial charge in [-0.3, -0.25) is 4.79 Å². The smallest absolute Gasteiger partial charge is 0.337 e. The van der Waals surface area contributed by atoms with Crippen molar-refractivity contribution < 1.29 is 23.8 Å². The Morgan fingerprint density at radius 1 is 1.31 bits per heavy atom. The fraction of sp³-hybridized carbons (Fsp3) is 0.368. The molecule has 0 radical (unpaired) electrons. The van der Waals surface area contributed by atoms with Crippen LogP contribution in [0.2, 0.25) is 0 Å². The summed E-state index contributed by atoms with van der Waals surface area (Å²) in [6.45, 7) is 1.31. The first-order valence-corrected chi connectivity index (χ1v) is 9.72. The van der Waals surface area contributed by atoms with E-state index in [9.17, 15) is 9.59 Å². The lowest BCUT2D eigenvalue weighted by Crippen LogP contribution is -2.33. The molecule has 0 saturated carbocycles. The number of halogens is 1. The van der Waals surface area contributed by atoms with Gasteiger partial charge in [0.1, 0.15) is 5.82 Å². The third-order valence-corrected chi connectivity index (χ3v) is 4.85. The summed E-state index contributed by atoms with van der Waals surface area (Å²) in [5, 5.41) is 6.05. The Labute approximate surface area is 176 Å². The molecule has 154 valence electrons. The molecule has 1 saturated heterocycles. The third kappa shape index (κ3) is 5.42. The molecule has 0 aliphatic carbocycles. The number of aromatic nitrogens is 2. The van der Waals surface area contributed by atoms with Crippen molar-refractivity contribution in [2.24, 2.45) is 0 Å². The number of carbonyl (C=O) groups excluding carboxylic acids is 2. The zero-order valence-corrected chi connectivity index (χ0v) is 17.6. The normalized spacial score (nSPS) is 15.2. The predicted molar refractivity (Wildman–Crippen MR) is 109 cm³/mol. The maximum atomic E-state index is 12.5. The third-order valence-electron chi connectivity index (χ3n) is 4.30. The average molecular weight is 465 g/mol. The van der Waals surface area contributed by atoms with Crippen LogP contribution in [0.4, 0.5) is 11.4 Å². The number of rotatable bonds is 8. The zero-order valence-electron chi connectivity index (χ0n) is 16.0. The molecule has 1 atom stereocenters. The van der Waals surface area contributed by atoms with Crippen LogP contribution in [0.15, 0.2) is 28.9 Å². The number of anilines is 2. The van der Waals surface area contributed by atoms with Crippen LogP contribution < -0.4 is 15.4 Å². The molecule has 1 aromatic carbocycles. The minimum absolute atomic E-state index is 0.0342. The van der Waals surface area contributed by atoms with Crippen LogP contribution in [0.1, 0.15) is 22.6 Å². The number of hydrogen-bond acceptors (Lipinski definition) is 8. The largest absolute Gasteiger partial charge is 0.480 e. The lowest BCUT2D eigenvalue weighted by atomic mass is 10.1. The topological polar surface area (TPSA) is 112 Å². The van der Waals surface area contributed by atoms with Crippen LogP contribution in [-0.2, 0) is 20.7 Å². The first-order chi connectivity index (χ1) is 14.0. The molecule has 0 bridgehead atoms. The number of nitrogens with one attached hydrogen (secondary N) is 2. The summed E-state index contributed by atoms with van der Waals surface area (Å²) < 4.78 is 15.9. The van der Waals surface area contributed by atoms with Crippen molar-refractivity contribution in [3.8, 4) is 5.88 Å². The standard InChI is InChI=1S/C19H21BrN4O5/c1-27-18-13(20)10-22-16(24-18)8-17(25)23-14-4-3-11(19(26)28-2)7-15(14)21-9-12-5-6-29-12/h3-4,7,10,12,21H,5-6,8-9H2,1-2H3,(H,23,25). The van der Waals surface area contributed by atoms with E-state index in [-0.39, 0.29) is 18.4 Å². The minimum Gasteiger partial charge on any atom is -0.480 e. The molecule has 1 fully saturated rings. The molecular formula is C19H21BrN4O5. The van der Waals surface area contributed by atoms with Crippen molar-refractivity contribution in [3.63, 3.8) is 0 Å². The molecular weight excluding hydrogens is 444 g/mol. The van der Waals surface area contributed by atoms with Crippen LogP contribution in [0.25, 0.3) is 0 Å². The van der Waals surface area contributed by atoms with Gasteiger partial charge in [0.05, 0.1) is 48.2 Å². The highest BCUT2D eigenvalue weighted by Gasteiger charge is 2.19. The molecule has 1 amide bonds. The van der Waals surface area contributed by atoms with E-state index < -0.39 is 5.97 Å². The average Bonchev–Trinajstić information content (AvgIpc) is 2.68. The zero-order chi connectivity index (χ0) is 20.8. The van der Waals surface area contributed by atoms with E-state index in [2.05, 4.69) is 36.5 Å². The molecule has 29 heavy (non-hydrogen) atoms. The van der Waals surface area contributed by atoms with E-state index in [1.807, 2.05) is 0 Å². The highest BCUT2D eigenvalue weighted by atomic mass is 79.9. The van der Waals surface area contributed by atoms with Crippen LogP contribution in [-0.4, -0.2) is 55.3 Å². The first-order valence-electron chi connectivity index (χ1n) is 8.93. The summed E-state index contributed by atoms with van der Waals surface area (Å²) in [5.74, 6) is -0.0801. The van der Waals surface area contributed by atoms with Gasteiger partial charge in [0, 0.05) is 19.3 Å². The van der Waals surface area contributed by atoms with E-state index in [1.165, 1.54) is 20.4 Å². The highest BCUT2D eigenvalue weighted by Crippen LogP contribution is 2.25. The number of carbonyl (C=O) groups is 2. The van der Waals surface area contributed by atoms with Gasteiger partial charge < -0.3 is 24.8 Å². The van der Waals surface area contributed by atoms with Gasteiger partial charge in [-0.05, 0) is 40.5 Å². The molecule has 1 aromatic heterocycles. The van der Waals surface area contributed by atoms with Gasteiger partial charge in [-0.25, -0.2) is 9.78 Å². The summed E-state index contributed by atoms with van der Waals surface area (Å²) in [4.78, 5) is 32.7. The minimum atomic E-state index is -0.457. The number of methoxy groups -OCH3 is 2. The van der Waals surface area contributed by atoms with Gasteiger partial charge in [0.25, 0.3) is 0 Å². The predicted octanol–water partition coefficient (Wildman–Crippen LogP) is 2.42. The number of amides is 1. The Hall–Kier alpha value is -2.72. The molecule has 1 unspecified atom stereocenters. The number of ether oxygens (including phenoxy) is 3. The quantitative estimate of drug-likeness (QED) is 0.572. The van der Waals surface area contributed by atoms with Crippen LogP contribution in [0, 0.1) is 0 Å². The van der Waals surface area contributed by atoms with Crippen molar-refractivity contribution >= 4 is 39.2 Å². The molecule has 2 heterocycles. The van der Waals surface area contributed by atoms with Crippen LogP contribution >= 0.6 is 15.9 Å². The molecule has 3 rings (SSSR count). The van der Waals surface area contributed by atoms with Crippen molar-refractivity contribution in [3.05, 3.63) is 40.3 Å². The van der Waals surface area contributed by atoms with Gasteiger partial charge in [0.15, 0.2) is 0 Å². The lowest BCUT2D eigenvalue weighted by Gasteiger charge is -2.27. The number of esters is 1. The lowest BCUT2D eigenvalue weighted by molar-refractivity contribution is -0.115. The Morgan fingerprint density at radius 3 is 2.76 bits per heavy atom. The van der Waals surface area contributed by atoms with Gasteiger partial charge in [-0.15, -0.1) is 0 Å². The van der Waals surface area contributed by atoms with Gasteiger partial charge in [-0.2, -0.15) is 4.98 Å². The molecule has 0 spiro atoms. The first kappa shape index (κ1) is 21.0. The summed E-state index contributed by atoms with van der Waals surface area (Å²) in [5.41, 5.74) is 1.51. The van der Waals surface area contributed by atoms with E-state index >= 15 is 0 Å². The Bertz CT molecular complexity index is 904. The van der Waals surface area contributed by atoms with E-state index in [4.69, 9.17) is 14.2 Å². The van der Waals surface area contributed by atoms with Gasteiger partial charge in [0.2, 0.25) is 11.8 Å². The summed E-state index contributed by atoms with van der Waals surface area (Å²) >= 11 is 3.28. The maximum Gasteiger partial charge on any atom is 0.337 e. The Morgan fingerprint density at radius 2 is 2.10 bits per heavy atom. The number of hydrogen-bond donors (Lipinski definition) is 2. The molecule has 1 aliphatic heterocycles. The number of benzene rings is 1. The van der Waals surface area contributed by atoms with E-state index in [0.717, 1.165) is 13.0 Å². The van der Waals surface area contributed by atoms with Crippen LogP contribution in [0.3, 0.4) is 0 Å². The van der Waals surface area contributed by atoms with Crippen molar-refractivity contribution in [2.75, 3.05) is 38.0 Å². The second-order valence-corrected chi connectivity index (χ2v) is 7.14. The Balaban J connectivity index is 1.73. The van der Waals surface area contributed by atoms with E-state index in [1.54, 1.807) is 18.2 Å². The fourth-order valence-electron chi connectivity index (χ4n) is 2.67. The molecule has 1 aliphatic rings. The SMILES string of the molecule is COC(=O)c1ccc(NC(=O)Cc2ncc(Br)c(OC)n2)c(NCC2CCO2)c1. The van der Waals surface area contributed by atoms with Crippen molar-refractivity contribution in [2.45, 2.75) is 18.9 Å². The number of nitrogens with zero attached hydrogens (tertiary/aromatic N) is 2. The monoisotopic (exact) mass is 464 g/mol. The van der Waals surface area contributed by atoms with Gasteiger partial charge in [-0.1, -0.05) is 0 Å². The summed E-state index contributed by atoms with van der Waals surface area (Å²) in [6, 6.07) is 4.88. The second-order valence-electron chi connectivity index (χ2n) is 6.28. The highest BCUT2D eigenvalue weighted by molar-refractivity contribution is 9.10. The molecule has 9 nitrogen and oxygen atoms in total. The van der Waals surface area contributed by atoms with E-state index in [0.29, 0.717) is 39.7 Å². The fourth-order valence-corrected chi connectivity index (χ4v) is 3.02. The molecule has 2 N–H and O–H groups in total. The van der Waals surface area contributed by atoms with Crippen LogP contribution in [0.5, 0.6) is 5.88 Å². The Kier molecular flexibility index (Phi) is 6.99. The maximum absolute atomic E-state index is 12.5. The summed E-state index contributed by atoms with van der Waals surface area (Å²) in [6.07, 6.45) is 2.58.